The van der Waals surface area contributed by atoms with Crippen molar-refractivity contribution in [3.63, 3.8) is 0 Å². The summed E-state index contributed by atoms with van der Waals surface area (Å²) in [4.78, 5) is 28.7. The molecule has 1 N–H and O–H groups in total. The maximum Gasteiger partial charge on any atom is 1.00 e. The second-order valence-corrected chi connectivity index (χ2v) is 17.2. The van der Waals surface area contributed by atoms with Gasteiger partial charge in [0.2, 0.25) is 5.69 Å². The van der Waals surface area contributed by atoms with Crippen LogP contribution in [0, 0.1) is 0 Å². The van der Waals surface area contributed by atoms with Gasteiger partial charge < -0.3 is 27.9 Å². The molecule has 13 nitrogen and oxygen atoms in total. The first kappa shape index (κ1) is 44.4. The van der Waals surface area contributed by atoms with Crippen LogP contribution in [-0.2, 0) is 25.7 Å². The van der Waals surface area contributed by atoms with Crippen LogP contribution >= 0.6 is 0 Å². The van der Waals surface area contributed by atoms with Gasteiger partial charge in [0, 0.05) is 54.7 Å². The van der Waals surface area contributed by atoms with Crippen molar-refractivity contribution in [3.05, 3.63) is 74.4 Å². The summed E-state index contributed by atoms with van der Waals surface area (Å²) in [6, 6.07) is 9.14. The first-order valence-corrected chi connectivity index (χ1v) is 21.3. The molecule has 0 saturated heterocycles. The second-order valence-electron chi connectivity index (χ2n) is 14.3. The standard InChI is InChI=1S/C39H48N2O11S2.Na/c1-5-7-9-11-20-40(21-12-10-8-6-2)26-14-16-28-32(24-26)51-38(44)34-35(42)29(37(43)52-36(28)34)17-19-33-39(3,4)30-25-27(54(48,49)50)15-18-31(30)41(33)22-13-23-53(45,46)47;/h14-19,24-25H,5-13,20-23H2,1-4H3,(H2,45,46,47,48,49,50);/q;+1/p-1. The molecule has 0 fully saturated rings. The van der Waals surface area contributed by atoms with Crippen molar-refractivity contribution in [2.24, 2.45) is 0 Å². The number of anilines is 1. The zero-order chi connectivity index (χ0) is 39.4. The molecule has 0 radical (unpaired) electrons. The van der Waals surface area contributed by atoms with Crippen LogP contribution in [0.3, 0.4) is 0 Å². The molecule has 16 heteroatoms. The molecule has 3 heterocycles. The molecule has 1 aliphatic rings. The van der Waals surface area contributed by atoms with E-state index in [1.807, 2.05) is 6.07 Å². The van der Waals surface area contributed by atoms with E-state index in [1.54, 1.807) is 30.6 Å². The van der Waals surface area contributed by atoms with Gasteiger partial charge in [0.1, 0.15) is 38.9 Å². The van der Waals surface area contributed by atoms with E-state index < -0.39 is 53.3 Å². The van der Waals surface area contributed by atoms with Crippen LogP contribution in [0.25, 0.3) is 28.0 Å². The summed E-state index contributed by atoms with van der Waals surface area (Å²) < 4.78 is 82.7. The van der Waals surface area contributed by atoms with Crippen molar-refractivity contribution in [2.75, 3.05) is 30.3 Å². The first-order chi connectivity index (χ1) is 25.5. The van der Waals surface area contributed by atoms with Gasteiger partial charge in [0.05, 0.1) is 25.8 Å². The molecule has 0 bridgehead atoms. The number of benzene rings is 2. The molecule has 0 atom stereocenters. The van der Waals surface area contributed by atoms with E-state index in [0.29, 0.717) is 22.3 Å². The minimum Gasteiger partial charge on any atom is -0.748 e. The summed E-state index contributed by atoms with van der Waals surface area (Å²) in [7, 11) is -9.36. The average molecular weight is 807 g/mol. The van der Waals surface area contributed by atoms with Gasteiger partial charge in [-0.2, -0.15) is 4.58 Å². The quantitative estimate of drug-likeness (QED) is 0.0384. The summed E-state index contributed by atoms with van der Waals surface area (Å²) in [5, 5.41) is 11.4. The molecule has 0 aliphatic carbocycles. The number of hydrogen-bond acceptors (Lipinski definition) is 12. The van der Waals surface area contributed by atoms with Crippen molar-refractivity contribution >= 4 is 65.3 Å². The van der Waals surface area contributed by atoms with Crippen LogP contribution in [0.15, 0.2) is 65.8 Å². The molecule has 2 aromatic carbocycles. The van der Waals surface area contributed by atoms with E-state index in [4.69, 9.17) is 8.83 Å². The van der Waals surface area contributed by atoms with E-state index in [0.717, 1.165) is 76.2 Å². The van der Waals surface area contributed by atoms with E-state index in [1.165, 1.54) is 24.3 Å². The molecule has 4 aromatic rings. The monoisotopic (exact) mass is 806 g/mol. The fraction of sp³-hybridized carbons (Fsp3) is 0.462. The smallest absolute Gasteiger partial charge is 0.748 e. The Bertz CT molecular complexity index is 2440. The van der Waals surface area contributed by atoms with Crippen molar-refractivity contribution < 1.29 is 74.0 Å². The fourth-order valence-corrected chi connectivity index (χ4v) is 8.12. The van der Waals surface area contributed by atoms with Crippen LogP contribution in [0.1, 0.15) is 96.6 Å². The second kappa shape index (κ2) is 18.3. The van der Waals surface area contributed by atoms with Gasteiger partial charge in [-0.25, -0.2) is 26.4 Å². The molecule has 0 spiro atoms. The first-order valence-electron chi connectivity index (χ1n) is 18.4. The van der Waals surface area contributed by atoms with Crippen LogP contribution in [0.4, 0.5) is 11.4 Å². The number of allylic oxidation sites excluding steroid dienone is 1. The Morgan fingerprint density at radius 2 is 1.49 bits per heavy atom. The fourth-order valence-electron chi connectivity index (χ4n) is 7.14. The van der Waals surface area contributed by atoms with Crippen LogP contribution in [0.5, 0.6) is 5.75 Å². The van der Waals surface area contributed by atoms with Crippen LogP contribution in [0.2, 0.25) is 0 Å². The molecule has 1 aliphatic heterocycles. The van der Waals surface area contributed by atoms with Gasteiger partial charge >= 0.3 is 40.8 Å². The molecule has 0 amide bonds. The number of aromatic hydroxyl groups is 1. The number of fused-ring (bicyclic) bond motifs is 4. The number of unbranched alkanes of at least 4 members (excludes halogenated alkanes) is 6. The Morgan fingerprint density at radius 1 is 0.836 bits per heavy atom. The maximum atomic E-state index is 13.5. The van der Waals surface area contributed by atoms with Crippen molar-refractivity contribution in [2.45, 2.75) is 95.8 Å². The summed E-state index contributed by atoms with van der Waals surface area (Å²) >= 11 is 0. The van der Waals surface area contributed by atoms with Gasteiger partial charge in [-0.3, -0.25) is 0 Å². The number of nitrogens with zero attached hydrogens (tertiary/aromatic N) is 2. The molecule has 292 valence electrons. The summed E-state index contributed by atoms with van der Waals surface area (Å²) in [6.45, 7) is 9.48. The van der Waals surface area contributed by atoms with E-state index in [9.17, 15) is 40.6 Å². The third-order valence-corrected chi connectivity index (χ3v) is 11.6. The zero-order valence-electron chi connectivity index (χ0n) is 32.1. The van der Waals surface area contributed by atoms with Crippen molar-refractivity contribution in [1.29, 1.82) is 0 Å². The van der Waals surface area contributed by atoms with Crippen molar-refractivity contribution in [1.82, 2.24) is 0 Å². The van der Waals surface area contributed by atoms with Gasteiger partial charge in [-0.05, 0) is 57.0 Å². The van der Waals surface area contributed by atoms with E-state index in [-0.39, 0.29) is 64.6 Å². The Hall–Kier alpha value is -3.31. The molecule has 0 saturated carbocycles. The molecule has 0 unspecified atom stereocenters. The van der Waals surface area contributed by atoms with Crippen LogP contribution in [-0.4, -0.2) is 66.7 Å². The topological polar surface area (TPSA) is 201 Å². The average Bonchev–Trinajstić information content (AvgIpc) is 3.30. The van der Waals surface area contributed by atoms with E-state index >= 15 is 0 Å². The van der Waals surface area contributed by atoms with Crippen molar-refractivity contribution in [3.8, 4) is 5.75 Å². The molecule has 2 aromatic heterocycles. The Labute approximate surface area is 343 Å². The minimum absolute atomic E-state index is 0. The van der Waals surface area contributed by atoms with E-state index in [2.05, 4.69) is 18.7 Å². The van der Waals surface area contributed by atoms with Gasteiger partial charge in [-0.15, -0.1) is 0 Å². The molecule has 55 heavy (non-hydrogen) atoms. The zero-order valence-corrected chi connectivity index (χ0v) is 35.7. The van der Waals surface area contributed by atoms with Gasteiger partial charge in [0.15, 0.2) is 11.3 Å². The normalized spacial score (nSPS) is 14.2. The molecular weight excluding hydrogens is 760 g/mol. The Kier molecular flexibility index (Phi) is 14.8. The Balaban J connectivity index is 0.00000673. The predicted octanol–water partition coefficient (Wildman–Crippen LogP) is 3.51. The Morgan fingerprint density at radius 3 is 2.09 bits per heavy atom. The summed E-state index contributed by atoms with van der Waals surface area (Å²) in [5.41, 5.74) is -0.969. The molecular formula is C39H47N2NaO11S2. The van der Waals surface area contributed by atoms with Gasteiger partial charge in [-0.1, -0.05) is 52.4 Å². The minimum atomic E-state index is -4.82. The largest absolute Gasteiger partial charge is 1.00 e. The SMILES string of the molecule is CCCCCCN(CCCCCC)c1ccc2c(c1)oc(=O)c1c(O)c(/C=C/C3=[N+](CCCS(=O)(=O)[O-])c4ccc(S(=O)(=O)[O-])cc4C3(C)C)c(=O)oc12.[Na+]. The third-order valence-electron chi connectivity index (χ3n) is 10.0. The maximum absolute atomic E-state index is 13.5. The van der Waals surface area contributed by atoms with Crippen LogP contribution < -0.4 is 45.7 Å². The summed E-state index contributed by atoms with van der Waals surface area (Å²) in [6.07, 6.45) is 11.4. The summed E-state index contributed by atoms with van der Waals surface area (Å²) in [5.74, 6) is -1.33. The van der Waals surface area contributed by atoms with Gasteiger partial charge in [0.25, 0.3) is 0 Å². The predicted molar refractivity (Wildman–Crippen MR) is 206 cm³/mol. The number of rotatable bonds is 18. The molecule has 5 rings (SSSR count). The third kappa shape index (κ3) is 10.2. The number of hydrogen-bond donors (Lipinski definition) is 1.